The highest BCUT2D eigenvalue weighted by atomic mass is 16.5. The van der Waals surface area contributed by atoms with Gasteiger partial charge in [-0.2, -0.15) is 0 Å². The van der Waals surface area contributed by atoms with Gasteiger partial charge < -0.3 is 14.7 Å². The monoisotopic (exact) mass is 344 g/mol. The summed E-state index contributed by atoms with van der Waals surface area (Å²) in [5.74, 6) is 0.162. The number of amides is 1. The molecule has 2 aliphatic heterocycles. The van der Waals surface area contributed by atoms with E-state index in [1.165, 1.54) is 5.57 Å². The Kier molecular flexibility index (Phi) is 6.24. The molecule has 5 heteroatoms. The van der Waals surface area contributed by atoms with Crippen LogP contribution in [0.3, 0.4) is 0 Å². The zero-order chi connectivity index (χ0) is 17.6. The van der Waals surface area contributed by atoms with E-state index in [9.17, 15) is 9.90 Å². The molecular formula is C20H28N2O3. The Morgan fingerprint density at radius 1 is 1.24 bits per heavy atom. The summed E-state index contributed by atoms with van der Waals surface area (Å²) in [4.78, 5) is 17.5. The summed E-state index contributed by atoms with van der Waals surface area (Å²) < 4.78 is 5.20. The van der Waals surface area contributed by atoms with E-state index in [2.05, 4.69) is 11.0 Å². The molecule has 1 fully saturated rings. The van der Waals surface area contributed by atoms with Crippen molar-refractivity contribution in [2.45, 2.75) is 31.4 Å². The van der Waals surface area contributed by atoms with E-state index in [1.807, 2.05) is 35.2 Å². The largest absolute Gasteiger partial charge is 0.393 e. The molecule has 5 nitrogen and oxygen atoms in total. The predicted octanol–water partition coefficient (Wildman–Crippen LogP) is 1.99. The van der Waals surface area contributed by atoms with Crippen LogP contribution >= 0.6 is 0 Å². The van der Waals surface area contributed by atoms with E-state index in [0.717, 1.165) is 44.5 Å². The first-order valence-electron chi connectivity index (χ1n) is 9.11. The van der Waals surface area contributed by atoms with Crippen LogP contribution < -0.4 is 0 Å². The summed E-state index contributed by atoms with van der Waals surface area (Å²) >= 11 is 0. The smallest absolute Gasteiger partial charge is 0.244 e. The lowest BCUT2D eigenvalue weighted by molar-refractivity contribution is -0.138. The summed E-state index contributed by atoms with van der Waals surface area (Å²) in [7, 11) is 1.70. The van der Waals surface area contributed by atoms with Gasteiger partial charge in [0.05, 0.1) is 12.7 Å². The summed E-state index contributed by atoms with van der Waals surface area (Å²) in [5, 5.41) is 9.80. The van der Waals surface area contributed by atoms with Gasteiger partial charge in [0, 0.05) is 33.3 Å². The van der Waals surface area contributed by atoms with Gasteiger partial charge in [0.25, 0.3) is 0 Å². The summed E-state index contributed by atoms with van der Waals surface area (Å²) in [6.07, 6.45) is 4.22. The van der Waals surface area contributed by atoms with Crippen molar-refractivity contribution < 1.29 is 14.6 Å². The van der Waals surface area contributed by atoms with E-state index < -0.39 is 0 Å². The molecular weight excluding hydrogens is 316 g/mol. The molecule has 2 heterocycles. The van der Waals surface area contributed by atoms with Gasteiger partial charge in [-0.3, -0.25) is 9.69 Å². The van der Waals surface area contributed by atoms with Crippen LogP contribution in [0.2, 0.25) is 0 Å². The molecule has 1 aromatic rings. The number of nitrogens with zero attached hydrogens (tertiary/aromatic N) is 2. The minimum absolute atomic E-state index is 0.162. The number of likely N-dealkylation sites (tertiary alicyclic amines) is 1. The number of benzene rings is 1. The Balaban J connectivity index is 1.76. The minimum Gasteiger partial charge on any atom is -0.393 e. The molecule has 1 saturated heterocycles. The van der Waals surface area contributed by atoms with Gasteiger partial charge in [-0.05, 0) is 30.4 Å². The molecule has 3 rings (SSSR count). The summed E-state index contributed by atoms with van der Waals surface area (Å²) in [6.45, 7) is 3.55. The zero-order valence-corrected chi connectivity index (χ0v) is 14.9. The minimum atomic E-state index is -0.258. The second-order valence-electron chi connectivity index (χ2n) is 6.91. The van der Waals surface area contributed by atoms with E-state index in [-0.39, 0.29) is 18.1 Å². The number of hydrogen-bond acceptors (Lipinski definition) is 4. The second kappa shape index (κ2) is 8.61. The molecule has 0 bridgehead atoms. The molecule has 25 heavy (non-hydrogen) atoms. The lowest BCUT2D eigenvalue weighted by atomic mass is 9.98. The van der Waals surface area contributed by atoms with Crippen molar-refractivity contribution in [3.63, 3.8) is 0 Å². The Morgan fingerprint density at radius 2 is 1.96 bits per heavy atom. The number of methoxy groups -OCH3 is 1. The highest BCUT2D eigenvalue weighted by Crippen LogP contribution is 2.28. The molecule has 0 saturated carbocycles. The fourth-order valence-electron chi connectivity index (χ4n) is 3.69. The average Bonchev–Trinajstić information content (AvgIpc) is 2.65. The van der Waals surface area contributed by atoms with Crippen molar-refractivity contribution in [2.24, 2.45) is 0 Å². The fraction of sp³-hybridized carbons (Fsp3) is 0.550. The lowest BCUT2D eigenvalue weighted by Gasteiger charge is -2.38. The van der Waals surface area contributed by atoms with Crippen molar-refractivity contribution in [3.05, 3.63) is 47.5 Å². The van der Waals surface area contributed by atoms with E-state index in [1.54, 1.807) is 7.11 Å². The molecule has 0 aromatic heterocycles. The van der Waals surface area contributed by atoms with Crippen LogP contribution in [0, 0.1) is 0 Å². The molecule has 2 aliphatic rings. The first kappa shape index (κ1) is 18.1. The van der Waals surface area contributed by atoms with E-state index >= 15 is 0 Å². The first-order valence-corrected chi connectivity index (χ1v) is 9.11. The maximum atomic E-state index is 13.3. The highest BCUT2D eigenvalue weighted by molar-refractivity contribution is 5.83. The average molecular weight is 344 g/mol. The van der Waals surface area contributed by atoms with Crippen LogP contribution in [0.1, 0.15) is 30.9 Å². The number of aliphatic hydroxyl groups is 1. The molecule has 136 valence electrons. The number of aliphatic hydroxyl groups excluding tert-OH is 1. The van der Waals surface area contributed by atoms with Crippen LogP contribution in [0.4, 0.5) is 0 Å². The summed E-state index contributed by atoms with van der Waals surface area (Å²) in [6, 6.07) is 9.76. The number of carbonyl (C=O) groups excluding carboxylic acids is 1. The second-order valence-corrected chi connectivity index (χ2v) is 6.91. The van der Waals surface area contributed by atoms with Gasteiger partial charge in [-0.15, -0.1) is 0 Å². The third kappa shape index (κ3) is 4.48. The van der Waals surface area contributed by atoms with Crippen LogP contribution in [0.15, 0.2) is 42.0 Å². The van der Waals surface area contributed by atoms with Crippen molar-refractivity contribution in [3.8, 4) is 0 Å². The lowest BCUT2D eigenvalue weighted by Crippen LogP contribution is -2.47. The predicted molar refractivity (Wildman–Crippen MR) is 97.2 cm³/mol. The van der Waals surface area contributed by atoms with Crippen molar-refractivity contribution in [1.82, 2.24) is 9.80 Å². The molecule has 0 radical (unpaired) electrons. The van der Waals surface area contributed by atoms with Crippen molar-refractivity contribution >= 4 is 5.91 Å². The van der Waals surface area contributed by atoms with E-state index in [4.69, 9.17) is 4.74 Å². The van der Waals surface area contributed by atoms with E-state index in [0.29, 0.717) is 13.2 Å². The third-order valence-corrected chi connectivity index (χ3v) is 5.16. The molecule has 1 unspecified atom stereocenters. The van der Waals surface area contributed by atoms with Crippen LogP contribution in [0.25, 0.3) is 0 Å². The van der Waals surface area contributed by atoms with Gasteiger partial charge in [0.2, 0.25) is 5.91 Å². The quantitative estimate of drug-likeness (QED) is 0.830. The van der Waals surface area contributed by atoms with Crippen molar-refractivity contribution in [1.29, 1.82) is 0 Å². The highest BCUT2D eigenvalue weighted by Gasteiger charge is 2.33. The molecule has 1 amide bonds. The third-order valence-electron chi connectivity index (χ3n) is 5.16. The number of rotatable bonds is 5. The maximum absolute atomic E-state index is 13.3. The normalized spacial score (nSPS) is 21.0. The topological polar surface area (TPSA) is 53.0 Å². The number of hydrogen-bond donors (Lipinski definition) is 1. The van der Waals surface area contributed by atoms with Gasteiger partial charge in [-0.25, -0.2) is 0 Å². The molecule has 0 aliphatic carbocycles. The zero-order valence-electron chi connectivity index (χ0n) is 14.9. The number of carbonyl (C=O) groups is 1. The van der Waals surface area contributed by atoms with Gasteiger partial charge in [-0.1, -0.05) is 36.4 Å². The van der Waals surface area contributed by atoms with Gasteiger partial charge in [0.1, 0.15) is 6.04 Å². The molecule has 0 spiro atoms. The van der Waals surface area contributed by atoms with Crippen LogP contribution in [-0.2, 0) is 9.53 Å². The van der Waals surface area contributed by atoms with Crippen LogP contribution in [0.5, 0.6) is 0 Å². The number of piperidine rings is 1. The Morgan fingerprint density at radius 3 is 2.56 bits per heavy atom. The van der Waals surface area contributed by atoms with Crippen LogP contribution in [-0.4, -0.2) is 66.8 Å². The van der Waals surface area contributed by atoms with Gasteiger partial charge >= 0.3 is 0 Å². The first-order chi connectivity index (χ1) is 12.2. The Hall–Kier alpha value is -1.69. The van der Waals surface area contributed by atoms with Crippen molar-refractivity contribution in [2.75, 3.05) is 39.9 Å². The number of ether oxygens (including phenoxy) is 1. The molecule has 1 N–H and O–H groups in total. The standard InChI is InChI=1S/C20H28N2O3/c1-25-15-16-7-11-22(12-8-16)20(24)19(17-5-3-2-4-6-17)21-13-9-18(23)10-14-21/h2-7,18-19,23H,8-15H2,1H3. The molecule has 1 aromatic carbocycles. The Labute approximate surface area is 149 Å². The molecule has 1 atom stereocenters. The SMILES string of the molecule is COCC1=CCN(C(=O)C(c2ccccc2)N2CCC(O)CC2)CC1. The fourth-order valence-corrected chi connectivity index (χ4v) is 3.69. The Bertz CT molecular complexity index is 594. The summed E-state index contributed by atoms with van der Waals surface area (Å²) in [5.41, 5.74) is 2.31. The van der Waals surface area contributed by atoms with Gasteiger partial charge in [0.15, 0.2) is 0 Å². The maximum Gasteiger partial charge on any atom is 0.244 e.